The Kier molecular flexibility index (Phi) is 6.19. The minimum absolute atomic E-state index is 0.287. The molecule has 0 amide bonds. The van der Waals surface area contributed by atoms with Crippen LogP contribution in [0.25, 0.3) is 0 Å². The molecule has 6 heteroatoms. The summed E-state index contributed by atoms with van der Waals surface area (Å²) in [6.07, 6.45) is 0.723. The van der Waals surface area contributed by atoms with Crippen molar-refractivity contribution >= 4 is 26.0 Å². The van der Waals surface area contributed by atoms with Crippen LogP contribution in [0.15, 0.2) is 27.6 Å². The Morgan fingerprint density at radius 3 is 2.45 bits per heavy atom. The topological polar surface area (TPSA) is 58.2 Å². The molecule has 20 heavy (non-hydrogen) atoms. The second kappa shape index (κ2) is 7.02. The van der Waals surface area contributed by atoms with Gasteiger partial charge in [-0.2, -0.15) is 0 Å². The van der Waals surface area contributed by atoms with Crippen molar-refractivity contribution < 1.29 is 8.42 Å². The average molecular weight is 363 g/mol. The largest absolute Gasteiger partial charge is 0.313 e. The zero-order chi connectivity index (χ0) is 15.4. The molecule has 0 unspecified atom stereocenters. The number of sulfonamides is 1. The molecular formula is C14H23BrN2O2S. The van der Waals surface area contributed by atoms with Crippen molar-refractivity contribution in [1.29, 1.82) is 0 Å². The summed E-state index contributed by atoms with van der Waals surface area (Å²) in [5.74, 6) is 0. The van der Waals surface area contributed by atoms with Gasteiger partial charge in [-0.3, -0.25) is 0 Å². The maximum atomic E-state index is 12.5. The minimum Gasteiger partial charge on any atom is -0.313 e. The summed E-state index contributed by atoms with van der Waals surface area (Å²) in [5.41, 5.74) is 0.486. The fraction of sp³-hybridized carbons (Fsp3) is 0.571. The van der Waals surface area contributed by atoms with Crippen LogP contribution in [0.1, 0.15) is 39.7 Å². The van der Waals surface area contributed by atoms with Gasteiger partial charge in [0.25, 0.3) is 0 Å². The molecule has 0 heterocycles. The van der Waals surface area contributed by atoms with Gasteiger partial charge in [0, 0.05) is 16.6 Å². The third-order valence-corrected chi connectivity index (χ3v) is 5.85. The van der Waals surface area contributed by atoms with E-state index < -0.39 is 15.6 Å². The van der Waals surface area contributed by atoms with Gasteiger partial charge in [-0.25, -0.2) is 13.1 Å². The van der Waals surface area contributed by atoms with Gasteiger partial charge in [0.1, 0.15) is 0 Å². The van der Waals surface area contributed by atoms with Gasteiger partial charge in [-0.05, 0) is 60.4 Å². The molecule has 0 fully saturated rings. The molecule has 114 valence electrons. The Labute approximate surface area is 130 Å². The molecule has 2 N–H and O–H groups in total. The Morgan fingerprint density at radius 2 is 1.90 bits per heavy atom. The monoisotopic (exact) mass is 362 g/mol. The summed E-state index contributed by atoms with van der Waals surface area (Å²) < 4.78 is 28.3. The fourth-order valence-corrected chi connectivity index (χ4v) is 4.12. The molecular weight excluding hydrogens is 340 g/mol. The molecule has 0 aliphatic carbocycles. The van der Waals surface area contributed by atoms with Crippen LogP contribution >= 0.6 is 15.9 Å². The van der Waals surface area contributed by atoms with Crippen LogP contribution in [-0.2, 0) is 16.6 Å². The highest BCUT2D eigenvalue weighted by Crippen LogP contribution is 2.25. The Hall–Kier alpha value is -0.430. The maximum absolute atomic E-state index is 12.5. The van der Waals surface area contributed by atoms with Gasteiger partial charge < -0.3 is 5.32 Å². The Bertz CT molecular complexity index is 556. The Balaban J connectivity index is 3.10. The molecule has 0 radical (unpaired) electrons. The lowest BCUT2D eigenvalue weighted by Gasteiger charge is -2.24. The number of halogens is 1. The first-order valence-corrected chi connectivity index (χ1v) is 9.02. The van der Waals surface area contributed by atoms with E-state index in [1.165, 1.54) is 0 Å². The van der Waals surface area contributed by atoms with Crippen molar-refractivity contribution in [1.82, 2.24) is 10.0 Å². The van der Waals surface area contributed by atoms with E-state index in [9.17, 15) is 8.42 Å². The molecule has 0 aliphatic heterocycles. The molecule has 4 nitrogen and oxygen atoms in total. The summed E-state index contributed by atoms with van der Waals surface area (Å²) in [5, 5.41) is 3.19. The summed E-state index contributed by atoms with van der Waals surface area (Å²) >= 11 is 3.32. The van der Waals surface area contributed by atoms with Crippen LogP contribution in [0.5, 0.6) is 0 Å². The van der Waals surface area contributed by atoms with Gasteiger partial charge in [-0.1, -0.05) is 19.9 Å². The number of hydrogen-bond donors (Lipinski definition) is 2. The maximum Gasteiger partial charge on any atom is 0.242 e. The van der Waals surface area contributed by atoms with Gasteiger partial charge in [0.05, 0.1) is 4.90 Å². The smallest absolute Gasteiger partial charge is 0.242 e. The molecule has 0 saturated carbocycles. The quantitative estimate of drug-likeness (QED) is 0.783. The van der Waals surface area contributed by atoms with Crippen molar-refractivity contribution in [2.75, 3.05) is 6.54 Å². The van der Waals surface area contributed by atoms with Crippen molar-refractivity contribution in [3.05, 3.63) is 28.2 Å². The SMILES string of the molecule is CCNCc1ccc(Br)c(S(=O)(=O)NC(C)(C)CC)c1. The fourth-order valence-electron chi connectivity index (χ4n) is 1.62. The van der Waals surface area contributed by atoms with Gasteiger partial charge in [-0.15, -0.1) is 0 Å². The second-order valence-corrected chi connectivity index (χ2v) is 7.89. The minimum atomic E-state index is -3.53. The summed E-state index contributed by atoms with van der Waals surface area (Å²) in [6.45, 7) is 9.23. The predicted molar refractivity (Wildman–Crippen MR) is 86.2 cm³/mol. The summed E-state index contributed by atoms with van der Waals surface area (Å²) in [6, 6.07) is 5.40. The standard InChI is InChI=1S/C14H23BrN2O2S/c1-5-14(3,4)17-20(18,19)13-9-11(10-16-6-2)7-8-12(13)15/h7-9,16-17H,5-6,10H2,1-4H3. The van der Waals surface area contributed by atoms with Crippen LogP contribution in [0.4, 0.5) is 0 Å². The lowest BCUT2D eigenvalue weighted by Crippen LogP contribution is -2.42. The molecule has 1 aromatic rings. The van der Waals surface area contributed by atoms with E-state index in [0.29, 0.717) is 11.0 Å². The van der Waals surface area contributed by atoms with E-state index >= 15 is 0 Å². The molecule has 0 atom stereocenters. The van der Waals surface area contributed by atoms with Crippen LogP contribution in [-0.4, -0.2) is 20.5 Å². The first kappa shape index (κ1) is 17.6. The highest BCUT2D eigenvalue weighted by Gasteiger charge is 2.26. The Morgan fingerprint density at radius 1 is 1.25 bits per heavy atom. The van der Waals surface area contributed by atoms with Crippen molar-refractivity contribution in [2.45, 2.75) is 51.1 Å². The van der Waals surface area contributed by atoms with E-state index in [0.717, 1.165) is 18.5 Å². The normalized spacial score (nSPS) is 12.7. The number of nitrogens with one attached hydrogen (secondary N) is 2. The third kappa shape index (κ3) is 4.84. The lowest BCUT2D eigenvalue weighted by molar-refractivity contribution is 0.439. The molecule has 1 rings (SSSR count). The molecule has 0 bridgehead atoms. The highest BCUT2D eigenvalue weighted by atomic mass is 79.9. The van der Waals surface area contributed by atoms with E-state index in [2.05, 4.69) is 26.0 Å². The summed E-state index contributed by atoms with van der Waals surface area (Å²) in [7, 11) is -3.53. The van der Waals surface area contributed by atoms with Crippen LogP contribution in [0, 0.1) is 0 Å². The lowest BCUT2D eigenvalue weighted by atomic mass is 10.0. The van der Waals surface area contributed by atoms with Crippen LogP contribution in [0.3, 0.4) is 0 Å². The number of rotatable bonds is 7. The third-order valence-electron chi connectivity index (χ3n) is 3.16. The average Bonchev–Trinajstić information content (AvgIpc) is 2.36. The zero-order valence-corrected chi connectivity index (χ0v) is 14.9. The molecule has 0 spiro atoms. The second-order valence-electron chi connectivity index (χ2n) is 5.39. The van der Waals surface area contributed by atoms with Crippen molar-refractivity contribution in [3.63, 3.8) is 0 Å². The van der Waals surface area contributed by atoms with Crippen molar-refractivity contribution in [3.8, 4) is 0 Å². The van der Waals surface area contributed by atoms with E-state index in [1.54, 1.807) is 12.1 Å². The van der Waals surface area contributed by atoms with E-state index in [1.807, 2.05) is 33.8 Å². The van der Waals surface area contributed by atoms with Crippen molar-refractivity contribution in [2.24, 2.45) is 0 Å². The summed E-state index contributed by atoms with van der Waals surface area (Å²) in [4.78, 5) is 0.287. The first-order chi connectivity index (χ1) is 9.22. The number of hydrogen-bond acceptors (Lipinski definition) is 3. The van der Waals surface area contributed by atoms with Gasteiger partial charge >= 0.3 is 0 Å². The molecule has 1 aromatic carbocycles. The van der Waals surface area contributed by atoms with E-state index in [4.69, 9.17) is 0 Å². The molecule has 0 aromatic heterocycles. The van der Waals surface area contributed by atoms with Gasteiger partial charge in [0.15, 0.2) is 0 Å². The molecule has 0 saturated heterocycles. The predicted octanol–water partition coefficient (Wildman–Crippen LogP) is 3.03. The highest BCUT2D eigenvalue weighted by molar-refractivity contribution is 9.10. The van der Waals surface area contributed by atoms with E-state index in [-0.39, 0.29) is 4.90 Å². The number of benzene rings is 1. The molecule has 0 aliphatic rings. The van der Waals surface area contributed by atoms with Crippen LogP contribution < -0.4 is 10.0 Å². The first-order valence-electron chi connectivity index (χ1n) is 6.75. The van der Waals surface area contributed by atoms with Crippen LogP contribution in [0.2, 0.25) is 0 Å². The van der Waals surface area contributed by atoms with Gasteiger partial charge in [0.2, 0.25) is 10.0 Å². The zero-order valence-electron chi connectivity index (χ0n) is 12.5.